The van der Waals surface area contributed by atoms with Crippen LogP contribution in [-0.2, 0) is 13.1 Å². The third-order valence-corrected chi connectivity index (χ3v) is 4.65. The molecular formula is C24H27FN4O2. The Bertz CT molecular complexity index is 1060. The lowest BCUT2D eigenvalue weighted by Gasteiger charge is -2.18. The molecule has 31 heavy (non-hydrogen) atoms. The van der Waals surface area contributed by atoms with Crippen LogP contribution in [0.25, 0.3) is 0 Å². The maximum atomic E-state index is 13.3. The maximum Gasteiger partial charge on any atom is 0.250 e. The van der Waals surface area contributed by atoms with Crippen molar-refractivity contribution in [3.05, 3.63) is 100 Å². The Morgan fingerprint density at radius 3 is 2.55 bits per heavy atom. The maximum absolute atomic E-state index is 13.3. The SMILES string of the molecule is CN=C(NCc1ccc(Cn2ccccc2=O)cc1)NCC(C)Oc1cccc(F)c1. The van der Waals surface area contributed by atoms with Crippen molar-refractivity contribution in [2.45, 2.75) is 26.1 Å². The Hall–Kier alpha value is -3.61. The Kier molecular flexibility index (Phi) is 7.81. The third kappa shape index (κ3) is 6.99. The van der Waals surface area contributed by atoms with Crippen molar-refractivity contribution >= 4 is 5.96 Å². The quantitative estimate of drug-likeness (QED) is 0.432. The minimum Gasteiger partial charge on any atom is -0.489 e. The largest absolute Gasteiger partial charge is 0.489 e. The number of guanidine groups is 1. The van der Waals surface area contributed by atoms with Crippen molar-refractivity contribution in [1.29, 1.82) is 0 Å². The first-order valence-corrected chi connectivity index (χ1v) is 10.1. The minimum absolute atomic E-state index is 0.0151. The highest BCUT2D eigenvalue weighted by Crippen LogP contribution is 2.13. The Labute approximate surface area is 181 Å². The van der Waals surface area contributed by atoms with Gasteiger partial charge in [-0.25, -0.2) is 4.39 Å². The van der Waals surface area contributed by atoms with Crippen LogP contribution < -0.4 is 20.9 Å². The number of pyridine rings is 1. The number of hydrogen-bond acceptors (Lipinski definition) is 3. The van der Waals surface area contributed by atoms with Gasteiger partial charge in [0.1, 0.15) is 17.7 Å². The summed E-state index contributed by atoms with van der Waals surface area (Å²) in [6, 6.07) is 19.3. The van der Waals surface area contributed by atoms with Crippen LogP contribution in [0.3, 0.4) is 0 Å². The summed E-state index contributed by atoms with van der Waals surface area (Å²) in [5.41, 5.74) is 2.14. The first kappa shape index (κ1) is 22.1. The predicted molar refractivity (Wildman–Crippen MR) is 121 cm³/mol. The van der Waals surface area contributed by atoms with E-state index in [-0.39, 0.29) is 17.5 Å². The van der Waals surface area contributed by atoms with Crippen LogP contribution in [0.4, 0.5) is 4.39 Å². The van der Waals surface area contributed by atoms with Gasteiger partial charge < -0.3 is 19.9 Å². The molecule has 0 aliphatic rings. The van der Waals surface area contributed by atoms with E-state index in [1.807, 2.05) is 37.3 Å². The molecule has 1 unspecified atom stereocenters. The highest BCUT2D eigenvalue weighted by Gasteiger charge is 2.07. The number of hydrogen-bond donors (Lipinski definition) is 2. The monoisotopic (exact) mass is 422 g/mol. The van der Waals surface area contributed by atoms with Crippen LogP contribution in [0.15, 0.2) is 82.7 Å². The summed E-state index contributed by atoms with van der Waals surface area (Å²) in [6.07, 6.45) is 1.62. The second-order valence-corrected chi connectivity index (χ2v) is 7.18. The molecule has 1 atom stereocenters. The average molecular weight is 423 g/mol. The molecule has 0 aliphatic heterocycles. The van der Waals surface area contributed by atoms with Gasteiger partial charge in [0.15, 0.2) is 5.96 Å². The van der Waals surface area contributed by atoms with Crippen molar-refractivity contribution in [3.63, 3.8) is 0 Å². The molecule has 162 valence electrons. The number of benzene rings is 2. The highest BCUT2D eigenvalue weighted by atomic mass is 19.1. The van der Waals surface area contributed by atoms with Gasteiger partial charge in [0.25, 0.3) is 5.56 Å². The smallest absolute Gasteiger partial charge is 0.250 e. The van der Waals surface area contributed by atoms with Crippen LogP contribution in [0.5, 0.6) is 5.75 Å². The van der Waals surface area contributed by atoms with E-state index in [1.165, 1.54) is 12.1 Å². The lowest BCUT2D eigenvalue weighted by Crippen LogP contribution is -2.41. The number of nitrogens with zero attached hydrogens (tertiary/aromatic N) is 2. The summed E-state index contributed by atoms with van der Waals surface area (Å²) in [7, 11) is 1.70. The van der Waals surface area contributed by atoms with Gasteiger partial charge in [0.05, 0.1) is 13.1 Å². The lowest BCUT2D eigenvalue weighted by molar-refractivity contribution is 0.223. The van der Waals surface area contributed by atoms with Crippen LogP contribution in [0.1, 0.15) is 18.1 Å². The number of ether oxygens (including phenoxy) is 1. The van der Waals surface area contributed by atoms with Crippen molar-refractivity contribution < 1.29 is 9.13 Å². The molecule has 0 spiro atoms. The van der Waals surface area contributed by atoms with E-state index < -0.39 is 0 Å². The number of aromatic nitrogens is 1. The van der Waals surface area contributed by atoms with E-state index in [4.69, 9.17) is 4.74 Å². The summed E-state index contributed by atoms with van der Waals surface area (Å²) in [5.74, 6) is 0.821. The fourth-order valence-corrected chi connectivity index (χ4v) is 3.01. The molecule has 0 amide bonds. The molecule has 3 rings (SSSR count). The fourth-order valence-electron chi connectivity index (χ4n) is 3.01. The van der Waals surface area contributed by atoms with E-state index in [0.29, 0.717) is 31.3 Å². The number of halogens is 1. The fraction of sp³-hybridized carbons (Fsp3) is 0.250. The molecule has 0 saturated carbocycles. The van der Waals surface area contributed by atoms with Crippen LogP contribution in [-0.4, -0.2) is 30.2 Å². The molecule has 2 N–H and O–H groups in total. The number of aliphatic imine (C=N–C) groups is 1. The number of rotatable bonds is 8. The zero-order valence-electron chi connectivity index (χ0n) is 17.7. The van der Waals surface area contributed by atoms with E-state index >= 15 is 0 Å². The van der Waals surface area contributed by atoms with Gasteiger partial charge in [0, 0.05) is 31.9 Å². The third-order valence-electron chi connectivity index (χ3n) is 4.65. The summed E-state index contributed by atoms with van der Waals surface area (Å²) in [5, 5.41) is 6.47. The Morgan fingerprint density at radius 1 is 1.06 bits per heavy atom. The van der Waals surface area contributed by atoms with Gasteiger partial charge in [-0.2, -0.15) is 0 Å². The zero-order valence-corrected chi connectivity index (χ0v) is 17.7. The molecule has 0 bridgehead atoms. The molecule has 1 aromatic heterocycles. The van der Waals surface area contributed by atoms with Crippen molar-refractivity contribution in [3.8, 4) is 5.75 Å². The van der Waals surface area contributed by atoms with E-state index in [0.717, 1.165) is 11.1 Å². The molecule has 7 heteroatoms. The van der Waals surface area contributed by atoms with Crippen molar-refractivity contribution in [2.24, 2.45) is 4.99 Å². The molecule has 6 nitrogen and oxygen atoms in total. The molecule has 2 aromatic carbocycles. The zero-order chi connectivity index (χ0) is 22.1. The summed E-state index contributed by atoms with van der Waals surface area (Å²) in [6.45, 7) is 3.56. The summed E-state index contributed by atoms with van der Waals surface area (Å²) in [4.78, 5) is 16.1. The number of nitrogens with one attached hydrogen (secondary N) is 2. The average Bonchev–Trinajstić information content (AvgIpc) is 2.76. The van der Waals surface area contributed by atoms with E-state index in [9.17, 15) is 9.18 Å². The summed E-state index contributed by atoms with van der Waals surface area (Å²) < 4.78 is 20.6. The second-order valence-electron chi connectivity index (χ2n) is 7.18. The molecule has 1 heterocycles. The molecule has 3 aromatic rings. The van der Waals surface area contributed by atoms with Crippen LogP contribution in [0.2, 0.25) is 0 Å². The molecule has 0 saturated heterocycles. The lowest BCUT2D eigenvalue weighted by atomic mass is 10.1. The Balaban J connectivity index is 1.45. The molecular weight excluding hydrogens is 395 g/mol. The van der Waals surface area contributed by atoms with Crippen LogP contribution >= 0.6 is 0 Å². The van der Waals surface area contributed by atoms with Crippen LogP contribution in [0, 0.1) is 5.82 Å². The minimum atomic E-state index is -0.322. The van der Waals surface area contributed by atoms with Gasteiger partial charge in [-0.15, -0.1) is 0 Å². The second kappa shape index (κ2) is 11.0. The normalized spacial score (nSPS) is 12.3. The molecule has 0 radical (unpaired) electrons. The predicted octanol–water partition coefficient (Wildman–Crippen LogP) is 3.17. The first-order valence-electron chi connectivity index (χ1n) is 10.1. The van der Waals surface area contributed by atoms with Gasteiger partial charge >= 0.3 is 0 Å². The first-order chi connectivity index (χ1) is 15.0. The standard InChI is InChI=1S/C24H27FN4O2/c1-18(31-22-7-5-6-21(25)14-22)15-27-24(26-2)28-16-19-9-11-20(12-10-19)17-29-13-4-3-8-23(29)30/h3-14,18H,15-17H2,1-2H3,(H2,26,27,28). The van der Waals surface area contributed by atoms with Gasteiger partial charge in [0.2, 0.25) is 0 Å². The topological polar surface area (TPSA) is 67.7 Å². The van der Waals surface area contributed by atoms with E-state index in [1.54, 1.807) is 42.1 Å². The summed E-state index contributed by atoms with van der Waals surface area (Å²) >= 11 is 0. The van der Waals surface area contributed by atoms with E-state index in [2.05, 4.69) is 15.6 Å². The van der Waals surface area contributed by atoms with Gasteiger partial charge in [-0.05, 0) is 36.2 Å². The Morgan fingerprint density at radius 2 is 1.84 bits per heavy atom. The van der Waals surface area contributed by atoms with Gasteiger partial charge in [-0.3, -0.25) is 9.79 Å². The van der Waals surface area contributed by atoms with Crippen molar-refractivity contribution in [2.75, 3.05) is 13.6 Å². The molecule has 0 fully saturated rings. The highest BCUT2D eigenvalue weighted by molar-refractivity contribution is 5.79. The van der Waals surface area contributed by atoms with Crippen molar-refractivity contribution in [1.82, 2.24) is 15.2 Å². The van der Waals surface area contributed by atoms with Gasteiger partial charge in [-0.1, -0.05) is 36.4 Å². The molecule has 0 aliphatic carbocycles.